The number of hydrazone groups is 1. The van der Waals surface area contributed by atoms with Gasteiger partial charge in [0.2, 0.25) is 0 Å². The van der Waals surface area contributed by atoms with Gasteiger partial charge in [0, 0.05) is 6.54 Å². The van der Waals surface area contributed by atoms with Gasteiger partial charge >= 0.3 is 0 Å². The van der Waals surface area contributed by atoms with Crippen LogP contribution in [-0.2, 0) is 6.54 Å². The normalized spacial score (nSPS) is 25.3. The van der Waals surface area contributed by atoms with Crippen LogP contribution in [0.2, 0.25) is 0 Å². The Morgan fingerprint density at radius 3 is 2.82 bits per heavy atom. The Labute approximate surface area is 137 Å². The van der Waals surface area contributed by atoms with Gasteiger partial charge in [-0.3, -0.25) is 5.43 Å². The third-order valence-electron chi connectivity index (χ3n) is 5.19. The second-order valence-corrected chi connectivity index (χ2v) is 7.19. The molecule has 1 aromatic rings. The van der Waals surface area contributed by atoms with Crippen molar-refractivity contribution in [2.75, 3.05) is 0 Å². The topological polar surface area (TPSA) is 36.4 Å². The van der Waals surface area contributed by atoms with Crippen molar-refractivity contribution in [1.82, 2.24) is 10.7 Å². The molecule has 0 heterocycles. The summed E-state index contributed by atoms with van der Waals surface area (Å²) in [6, 6.07) is 10.2. The molecule has 3 nitrogen and oxygen atoms in total. The fourth-order valence-electron chi connectivity index (χ4n) is 3.53. The van der Waals surface area contributed by atoms with E-state index < -0.39 is 0 Å². The highest BCUT2D eigenvalue weighted by Crippen LogP contribution is 2.58. The summed E-state index contributed by atoms with van der Waals surface area (Å²) in [6.45, 7) is 5.44. The van der Waals surface area contributed by atoms with Gasteiger partial charge in [-0.05, 0) is 53.4 Å². The molecule has 0 saturated heterocycles. The first-order valence-corrected chi connectivity index (χ1v) is 8.29. The number of allylic oxidation sites excluding steroid dienone is 2. The van der Waals surface area contributed by atoms with Gasteiger partial charge < -0.3 is 5.32 Å². The summed E-state index contributed by atoms with van der Waals surface area (Å²) in [6.07, 6.45) is 6.76. The standard InChI is InChI=1S/C18H23N3S/c1-18(2)15-9-8-14(16(18)10-15)12-20-21-17(22)19-11-13-6-4-3-5-7-13/h3-8,12,15-16H,9-11H2,1-2H3,(H2,19,21,22)/b20-12-/t15-,16-/m1/s1. The molecule has 4 rings (SSSR count). The molecule has 2 N–H and O–H groups in total. The smallest absolute Gasteiger partial charge is 0.187 e. The number of nitrogens with zero attached hydrogens (tertiary/aromatic N) is 1. The first-order valence-electron chi connectivity index (χ1n) is 7.88. The zero-order valence-electron chi connectivity index (χ0n) is 13.2. The van der Waals surface area contributed by atoms with Crippen molar-refractivity contribution in [2.24, 2.45) is 22.4 Å². The Kier molecular flexibility index (Phi) is 4.30. The van der Waals surface area contributed by atoms with E-state index in [0.717, 1.165) is 5.92 Å². The van der Waals surface area contributed by atoms with Gasteiger partial charge in [-0.25, -0.2) is 0 Å². The average molecular weight is 313 g/mol. The average Bonchev–Trinajstić information content (AvgIpc) is 2.54. The van der Waals surface area contributed by atoms with Crippen LogP contribution in [0.1, 0.15) is 32.3 Å². The molecule has 2 bridgehead atoms. The molecule has 1 fully saturated rings. The van der Waals surface area contributed by atoms with Crippen molar-refractivity contribution in [3.05, 3.63) is 47.5 Å². The minimum atomic E-state index is 0.433. The Balaban J connectivity index is 1.46. The summed E-state index contributed by atoms with van der Waals surface area (Å²) in [5, 5.41) is 8.02. The molecule has 0 aliphatic heterocycles. The van der Waals surface area contributed by atoms with Crippen LogP contribution in [0.3, 0.4) is 0 Å². The van der Waals surface area contributed by atoms with Crippen molar-refractivity contribution in [3.8, 4) is 0 Å². The number of thiocarbonyl (C=S) groups is 1. The first kappa shape index (κ1) is 15.2. The van der Waals surface area contributed by atoms with Crippen LogP contribution in [0.5, 0.6) is 0 Å². The quantitative estimate of drug-likeness (QED) is 0.506. The summed E-state index contributed by atoms with van der Waals surface area (Å²) in [5.41, 5.74) is 5.90. The maximum atomic E-state index is 5.25. The highest BCUT2D eigenvalue weighted by Gasteiger charge is 2.50. The molecule has 4 heteroatoms. The van der Waals surface area contributed by atoms with E-state index in [9.17, 15) is 0 Å². The monoisotopic (exact) mass is 313 g/mol. The van der Waals surface area contributed by atoms with Gasteiger partial charge in [0.05, 0.1) is 6.21 Å². The molecule has 2 atom stereocenters. The van der Waals surface area contributed by atoms with Crippen LogP contribution in [-0.4, -0.2) is 11.3 Å². The zero-order valence-corrected chi connectivity index (χ0v) is 14.0. The number of benzene rings is 1. The number of rotatable bonds is 4. The molecule has 22 heavy (non-hydrogen) atoms. The summed E-state index contributed by atoms with van der Waals surface area (Å²) < 4.78 is 0. The second kappa shape index (κ2) is 6.21. The van der Waals surface area contributed by atoms with Gasteiger partial charge in [-0.1, -0.05) is 50.3 Å². The minimum Gasteiger partial charge on any atom is -0.357 e. The van der Waals surface area contributed by atoms with Crippen molar-refractivity contribution < 1.29 is 0 Å². The minimum absolute atomic E-state index is 0.433. The third kappa shape index (κ3) is 3.07. The van der Waals surface area contributed by atoms with Crippen LogP contribution in [0.25, 0.3) is 0 Å². The summed E-state index contributed by atoms with van der Waals surface area (Å²) in [7, 11) is 0. The molecule has 0 spiro atoms. The molecule has 3 aliphatic rings. The van der Waals surface area contributed by atoms with Gasteiger partial charge in [0.1, 0.15) is 0 Å². The predicted molar refractivity (Wildman–Crippen MR) is 95.6 cm³/mol. The van der Waals surface area contributed by atoms with Crippen LogP contribution in [0, 0.1) is 17.3 Å². The molecule has 0 radical (unpaired) electrons. The molecule has 0 aromatic heterocycles. The van der Waals surface area contributed by atoms with Crippen molar-refractivity contribution in [1.29, 1.82) is 0 Å². The Morgan fingerprint density at radius 1 is 1.36 bits per heavy atom. The Bertz CT molecular complexity index is 604. The SMILES string of the molecule is CC1(C)[C@@H]2CC=C(/C=N\NC(=S)NCc3ccccc3)[C@H]1C2. The fourth-order valence-corrected chi connectivity index (χ4v) is 3.65. The van der Waals surface area contributed by atoms with E-state index in [1.54, 1.807) is 0 Å². The number of hydrogen-bond donors (Lipinski definition) is 2. The predicted octanol–water partition coefficient (Wildman–Crippen LogP) is 3.63. The molecular formula is C18H23N3S. The lowest BCUT2D eigenvalue weighted by atomic mass is 9.49. The van der Waals surface area contributed by atoms with Crippen LogP contribution in [0.4, 0.5) is 0 Å². The number of nitrogens with one attached hydrogen (secondary N) is 2. The van der Waals surface area contributed by atoms with Gasteiger partial charge in [-0.2, -0.15) is 5.10 Å². The molecule has 3 aliphatic carbocycles. The van der Waals surface area contributed by atoms with E-state index in [1.165, 1.54) is 24.0 Å². The molecule has 1 aromatic carbocycles. The molecular weight excluding hydrogens is 290 g/mol. The van der Waals surface area contributed by atoms with E-state index >= 15 is 0 Å². The summed E-state index contributed by atoms with van der Waals surface area (Å²) in [4.78, 5) is 0. The zero-order chi connectivity index (χ0) is 15.6. The van der Waals surface area contributed by atoms with Crippen molar-refractivity contribution in [3.63, 3.8) is 0 Å². The molecule has 116 valence electrons. The lowest BCUT2D eigenvalue weighted by Crippen LogP contribution is -2.48. The highest BCUT2D eigenvalue weighted by atomic mass is 32.1. The van der Waals surface area contributed by atoms with Crippen LogP contribution < -0.4 is 10.7 Å². The maximum Gasteiger partial charge on any atom is 0.187 e. The highest BCUT2D eigenvalue weighted by molar-refractivity contribution is 7.80. The lowest BCUT2D eigenvalue weighted by Gasteiger charge is -2.55. The van der Waals surface area contributed by atoms with E-state index in [0.29, 0.717) is 23.0 Å². The molecule has 1 saturated carbocycles. The fraction of sp³-hybridized carbons (Fsp3) is 0.444. The van der Waals surface area contributed by atoms with Crippen LogP contribution >= 0.6 is 12.2 Å². The van der Waals surface area contributed by atoms with E-state index in [4.69, 9.17) is 12.2 Å². The number of fused-ring (bicyclic) bond motifs is 1. The van der Waals surface area contributed by atoms with E-state index in [2.05, 4.69) is 47.9 Å². The van der Waals surface area contributed by atoms with Gasteiger partial charge in [0.25, 0.3) is 0 Å². The lowest BCUT2D eigenvalue weighted by molar-refractivity contribution is -0.00126. The van der Waals surface area contributed by atoms with E-state index in [-0.39, 0.29) is 0 Å². The maximum absolute atomic E-state index is 5.25. The van der Waals surface area contributed by atoms with Crippen LogP contribution in [0.15, 0.2) is 47.1 Å². The van der Waals surface area contributed by atoms with Gasteiger partial charge in [-0.15, -0.1) is 0 Å². The Hall–Kier alpha value is -1.68. The summed E-state index contributed by atoms with van der Waals surface area (Å²) in [5.74, 6) is 1.51. The first-order chi connectivity index (χ1) is 10.6. The van der Waals surface area contributed by atoms with Gasteiger partial charge in [0.15, 0.2) is 5.11 Å². The van der Waals surface area contributed by atoms with Crippen molar-refractivity contribution >= 4 is 23.5 Å². The summed E-state index contributed by atoms with van der Waals surface area (Å²) >= 11 is 5.25. The largest absolute Gasteiger partial charge is 0.357 e. The molecule has 0 unspecified atom stereocenters. The number of hydrogen-bond acceptors (Lipinski definition) is 2. The Morgan fingerprint density at radius 2 is 2.14 bits per heavy atom. The second-order valence-electron chi connectivity index (χ2n) is 6.78. The van der Waals surface area contributed by atoms with E-state index in [1.807, 2.05) is 24.4 Å². The van der Waals surface area contributed by atoms with Crippen molar-refractivity contribution in [2.45, 2.75) is 33.2 Å². The molecule has 0 amide bonds. The third-order valence-corrected chi connectivity index (χ3v) is 5.42.